The highest BCUT2D eigenvalue weighted by Gasteiger charge is 2.48. The van der Waals surface area contributed by atoms with Crippen LogP contribution in [0.3, 0.4) is 0 Å². The Morgan fingerprint density at radius 1 is 1.29 bits per heavy atom. The van der Waals surface area contributed by atoms with E-state index in [1.165, 1.54) is 0 Å². The number of rotatable bonds is 4. The number of carbonyl (C=O) groups excluding carboxylic acids is 1. The number of ether oxygens (including phenoxy) is 2. The second-order valence-electron chi connectivity index (χ2n) is 6.87. The number of nitrogens with two attached hydrogens (primary N) is 2. The maximum absolute atomic E-state index is 13.0. The van der Waals surface area contributed by atoms with E-state index >= 15 is 0 Å². The van der Waals surface area contributed by atoms with Crippen molar-refractivity contribution in [2.45, 2.75) is 18.4 Å². The van der Waals surface area contributed by atoms with Gasteiger partial charge in [0.25, 0.3) is 5.91 Å². The Balaban J connectivity index is 1.52. The molecule has 146 valence electrons. The number of likely N-dealkylation sites (tertiary alicyclic amines) is 1. The number of anilines is 2. The lowest BCUT2D eigenvalue weighted by molar-refractivity contribution is -0.139. The molecule has 1 aromatic carbocycles. The minimum atomic E-state index is -1.11. The lowest BCUT2D eigenvalue weighted by Crippen LogP contribution is -2.40. The molecule has 1 aromatic heterocycles. The first-order valence-corrected chi connectivity index (χ1v) is 8.71. The zero-order valence-corrected chi connectivity index (χ0v) is 14.9. The van der Waals surface area contributed by atoms with Gasteiger partial charge >= 0.3 is 5.97 Å². The Kier molecular flexibility index (Phi) is 4.17. The summed E-state index contributed by atoms with van der Waals surface area (Å²) in [5.41, 5.74) is 12.0. The lowest BCUT2D eigenvalue weighted by Gasteiger charge is -2.24. The molecule has 28 heavy (non-hydrogen) atoms. The number of aromatic nitrogens is 2. The van der Waals surface area contributed by atoms with Gasteiger partial charge < -0.3 is 30.9 Å². The highest BCUT2D eigenvalue weighted by Crippen LogP contribution is 2.42. The van der Waals surface area contributed by atoms with Crippen molar-refractivity contribution in [2.24, 2.45) is 0 Å². The Bertz CT molecular complexity index is 965. The van der Waals surface area contributed by atoms with Crippen LogP contribution < -0.4 is 20.9 Å². The molecular weight excluding hydrogens is 366 g/mol. The molecule has 2 aromatic rings. The molecule has 1 atom stereocenters. The fourth-order valence-electron chi connectivity index (χ4n) is 3.64. The van der Waals surface area contributed by atoms with Crippen LogP contribution in [-0.2, 0) is 11.2 Å². The summed E-state index contributed by atoms with van der Waals surface area (Å²) in [6.07, 6.45) is 1.10. The summed E-state index contributed by atoms with van der Waals surface area (Å²) in [6.45, 7) is 0.295. The molecule has 2 aliphatic rings. The number of nitrogens with zero attached hydrogens (tertiary/aromatic N) is 3. The summed E-state index contributed by atoms with van der Waals surface area (Å²) in [5, 5.41) is 8.82. The Morgan fingerprint density at radius 2 is 2.07 bits per heavy atom. The molecule has 0 saturated carbocycles. The van der Waals surface area contributed by atoms with Crippen LogP contribution in [0.5, 0.6) is 11.6 Å². The van der Waals surface area contributed by atoms with Gasteiger partial charge in [-0.3, -0.25) is 4.79 Å². The number of hydrogen-bond donors (Lipinski definition) is 3. The van der Waals surface area contributed by atoms with E-state index in [0.717, 1.165) is 0 Å². The number of benzene rings is 1. The molecule has 1 amide bonds. The van der Waals surface area contributed by atoms with Gasteiger partial charge in [-0.05, 0) is 12.1 Å². The van der Waals surface area contributed by atoms with Crippen molar-refractivity contribution in [3.8, 4) is 11.6 Å². The first kappa shape index (κ1) is 17.8. The average molecular weight is 385 g/mol. The average Bonchev–Trinajstić information content (AvgIpc) is 3.23. The molecule has 2 aliphatic heterocycles. The number of hydrogen-bond acceptors (Lipinski definition) is 8. The Labute approximate surface area is 160 Å². The van der Waals surface area contributed by atoms with Gasteiger partial charge in [-0.15, -0.1) is 0 Å². The fourth-order valence-corrected chi connectivity index (χ4v) is 3.64. The van der Waals surface area contributed by atoms with Gasteiger partial charge in [0, 0.05) is 19.4 Å². The van der Waals surface area contributed by atoms with E-state index in [0.29, 0.717) is 42.9 Å². The van der Waals surface area contributed by atoms with Gasteiger partial charge in [0.05, 0.1) is 17.7 Å². The van der Waals surface area contributed by atoms with Crippen molar-refractivity contribution in [1.29, 1.82) is 0 Å². The molecule has 3 heterocycles. The minimum absolute atomic E-state index is 0.0451. The van der Waals surface area contributed by atoms with Gasteiger partial charge in [0.1, 0.15) is 17.2 Å². The summed E-state index contributed by atoms with van der Waals surface area (Å²) in [7, 11) is 0. The topological polar surface area (TPSA) is 154 Å². The monoisotopic (exact) mass is 385 g/mol. The third-order valence-corrected chi connectivity index (χ3v) is 4.90. The number of aliphatic carboxylic acids is 1. The maximum Gasteiger partial charge on any atom is 0.341 e. The molecular formula is C18H19N5O5. The Morgan fingerprint density at radius 3 is 2.86 bits per heavy atom. The van der Waals surface area contributed by atoms with E-state index < -0.39 is 18.2 Å². The maximum atomic E-state index is 13.0. The van der Waals surface area contributed by atoms with Gasteiger partial charge in [0.15, 0.2) is 6.61 Å². The molecule has 4 rings (SSSR count). The van der Waals surface area contributed by atoms with Crippen LogP contribution >= 0.6 is 0 Å². The number of carboxylic acid groups (broad SMARTS) is 1. The first-order chi connectivity index (χ1) is 13.4. The largest absolute Gasteiger partial charge is 0.481 e. The van der Waals surface area contributed by atoms with Gasteiger partial charge in [-0.1, -0.05) is 12.1 Å². The molecule has 0 unspecified atom stereocenters. The lowest BCUT2D eigenvalue weighted by atomic mass is 9.97. The number of para-hydroxylation sites is 1. The third-order valence-electron chi connectivity index (χ3n) is 4.90. The van der Waals surface area contributed by atoms with E-state index in [2.05, 4.69) is 9.97 Å². The Hall–Kier alpha value is -3.56. The van der Waals surface area contributed by atoms with E-state index in [9.17, 15) is 9.59 Å². The van der Waals surface area contributed by atoms with E-state index in [1.807, 2.05) is 0 Å². The summed E-state index contributed by atoms with van der Waals surface area (Å²) in [4.78, 5) is 33.5. The van der Waals surface area contributed by atoms with Crippen molar-refractivity contribution in [2.75, 3.05) is 31.2 Å². The van der Waals surface area contributed by atoms with Gasteiger partial charge in [-0.2, -0.15) is 9.97 Å². The summed E-state index contributed by atoms with van der Waals surface area (Å²) >= 11 is 0. The van der Waals surface area contributed by atoms with Crippen LogP contribution in [0.2, 0.25) is 0 Å². The fraction of sp³-hybridized carbons (Fsp3) is 0.333. The van der Waals surface area contributed by atoms with Gasteiger partial charge in [-0.25, -0.2) is 4.79 Å². The van der Waals surface area contributed by atoms with Crippen molar-refractivity contribution >= 4 is 23.6 Å². The molecule has 1 fully saturated rings. The molecule has 10 nitrogen and oxygen atoms in total. The van der Waals surface area contributed by atoms with Crippen LogP contribution in [0.4, 0.5) is 11.8 Å². The number of nitrogen functional groups attached to an aromatic ring is 2. The predicted octanol–water partition coefficient (Wildman–Crippen LogP) is 0.324. The highest BCUT2D eigenvalue weighted by molar-refractivity contribution is 5.97. The van der Waals surface area contributed by atoms with Crippen LogP contribution in [0.25, 0.3) is 0 Å². The molecule has 0 aliphatic carbocycles. The predicted molar refractivity (Wildman–Crippen MR) is 98.0 cm³/mol. The summed E-state index contributed by atoms with van der Waals surface area (Å²) in [5.74, 6) is -0.437. The van der Waals surface area contributed by atoms with Crippen molar-refractivity contribution < 1.29 is 24.2 Å². The normalized spacial score (nSPS) is 20.1. The van der Waals surface area contributed by atoms with Crippen LogP contribution in [0.1, 0.15) is 22.3 Å². The minimum Gasteiger partial charge on any atom is -0.481 e. The summed E-state index contributed by atoms with van der Waals surface area (Å²) < 4.78 is 11.3. The molecule has 0 bridgehead atoms. The van der Waals surface area contributed by atoms with Crippen LogP contribution in [0.15, 0.2) is 24.3 Å². The number of amides is 1. The second kappa shape index (κ2) is 6.55. The van der Waals surface area contributed by atoms with Crippen molar-refractivity contribution in [1.82, 2.24) is 14.9 Å². The molecule has 10 heteroatoms. The van der Waals surface area contributed by atoms with Crippen LogP contribution in [0, 0.1) is 0 Å². The highest BCUT2D eigenvalue weighted by atomic mass is 16.5. The quantitative estimate of drug-likeness (QED) is 0.675. The molecule has 5 N–H and O–H groups in total. The molecule has 0 radical (unpaired) electrons. The number of carbonyl (C=O) groups is 2. The third kappa shape index (κ3) is 3.13. The van der Waals surface area contributed by atoms with E-state index in [1.54, 1.807) is 29.2 Å². The number of fused-ring (bicyclic) bond motifs is 1. The zero-order chi connectivity index (χ0) is 19.9. The molecule has 1 saturated heterocycles. The smallest absolute Gasteiger partial charge is 0.341 e. The second-order valence-corrected chi connectivity index (χ2v) is 6.87. The number of carboxylic acids is 1. The SMILES string of the molecule is Nc1nc(N)c2c(n1)O[C@]1(CCN(C(=O)c3ccccc3OCC(=O)O)C1)C2. The van der Waals surface area contributed by atoms with Gasteiger partial charge in [0.2, 0.25) is 11.8 Å². The standard InChI is InChI=1S/C18H19N5O5/c19-14-11-7-18(28-15(11)22-17(20)21-14)5-6-23(9-18)16(26)10-3-1-2-4-12(10)27-8-13(24)25/h1-4H,5-9H2,(H,24,25)(H4,19,20,21,22)/t18-/m1/s1. The van der Waals surface area contributed by atoms with Crippen molar-refractivity contribution in [3.05, 3.63) is 35.4 Å². The van der Waals surface area contributed by atoms with Crippen LogP contribution in [-0.4, -0.2) is 57.1 Å². The van der Waals surface area contributed by atoms with E-state index in [4.69, 9.17) is 26.0 Å². The van der Waals surface area contributed by atoms with Crippen molar-refractivity contribution in [3.63, 3.8) is 0 Å². The first-order valence-electron chi connectivity index (χ1n) is 8.71. The molecule has 1 spiro atoms. The van der Waals surface area contributed by atoms with E-state index in [-0.39, 0.29) is 23.4 Å². The summed E-state index contributed by atoms with van der Waals surface area (Å²) in [6, 6.07) is 6.57. The zero-order valence-electron chi connectivity index (χ0n) is 14.9.